The Hall–Kier alpha value is -4.10. The lowest BCUT2D eigenvalue weighted by Gasteiger charge is -2.23. The van der Waals surface area contributed by atoms with Crippen LogP contribution in [0.5, 0.6) is 5.75 Å². The molecule has 3 aromatic carbocycles. The molecule has 8 heteroatoms. The van der Waals surface area contributed by atoms with Crippen LogP contribution in [-0.4, -0.2) is 33.9 Å². The van der Waals surface area contributed by atoms with Gasteiger partial charge in [-0.05, 0) is 55.3 Å². The van der Waals surface area contributed by atoms with Crippen LogP contribution in [0.1, 0.15) is 29.4 Å². The number of halogens is 1. The summed E-state index contributed by atoms with van der Waals surface area (Å²) in [5.41, 5.74) is 3.37. The summed E-state index contributed by atoms with van der Waals surface area (Å²) in [6.07, 6.45) is 0.756. The number of fused-ring (bicyclic) bond motifs is 3. The van der Waals surface area contributed by atoms with Gasteiger partial charge in [0.2, 0.25) is 0 Å². The van der Waals surface area contributed by atoms with E-state index in [2.05, 4.69) is 5.10 Å². The van der Waals surface area contributed by atoms with Crippen molar-refractivity contribution < 1.29 is 9.53 Å². The highest BCUT2D eigenvalue weighted by Gasteiger charge is 2.27. The molecular weight excluding hydrogens is 488 g/mol. The van der Waals surface area contributed by atoms with Crippen molar-refractivity contribution in [3.05, 3.63) is 93.4 Å². The van der Waals surface area contributed by atoms with Gasteiger partial charge in [0.25, 0.3) is 11.5 Å². The number of rotatable bonds is 6. The van der Waals surface area contributed by atoms with Crippen molar-refractivity contribution in [2.24, 2.45) is 7.05 Å². The average Bonchev–Trinajstić information content (AvgIpc) is 3.20. The van der Waals surface area contributed by atoms with Crippen molar-refractivity contribution in [1.82, 2.24) is 14.3 Å². The molecule has 0 bridgehead atoms. The molecule has 0 spiro atoms. The number of amides is 1. The lowest BCUT2D eigenvalue weighted by atomic mass is 10.1. The fourth-order valence-corrected chi connectivity index (χ4v) is 5.04. The van der Waals surface area contributed by atoms with Gasteiger partial charge in [0.15, 0.2) is 5.69 Å². The number of methoxy groups -OCH3 is 1. The van der Waals surface area contributed by atoms with Crippen LogP contribution in [0.3, 0.4) is 0 Å². The highest BCUT2D eigenvalue weighted by Crippen LogP contribution is 2.31. The maximum atomic E-state index is 14.3. The van der Waals surface area contributed by atoms with Crippen LogP contribution in [0.4, 0.5) is 5.69 Å². The zero-order chi connectivity index (χ0) is 26.3. The average molecular weight is 515 g/mol. The van der Waals surface area contributed by atoms with E-state index in [1.54, 1.807) is 23.1 Å². The number of anilines is 1. The molecule has 7 nitrogen and oxygen atoms in total. The molecule has 0 atom stereocenters. The van der Waals surface area contributed by atoms with Crippen LogP contribution < -0.4 is 15.2 Å². The molecule has 0 saturated carbocycles. The monoisotopic (exact) mass is 514 g/mol. The maximum Gasteiger partial charge on any atom is 0.296 e. The molecule has 0 fully saturated rings. The minimum absolute atomic E-state index is 0.202. The van der Waals surface area contributed by atoms with Gasteiger partial charge in [0, 0.05) is 35.6 Å². The number of carbonyl (C=O) groups is 1. The van der Waals surface area contributed by atoms with Crippen LogP contribution >= 0.6 is 11.6 Å². The Morgan fingerprint density at radius 2 is 1.86 bits per heavy atom. The molecule has 0 aliphatic rings. The van der Waals surface area contributed by atoms with E-state index < -0.39 is 0 Å². The fourth-order valence-electron chi connectivity index (χ4n) is 4.79. The summed E-state index contributed by atoms with van der Waals surface area (Å²) in [4.78, 5) is 29.8. The van der Waals surface area contributed by atoms with E-state index in [0.29, 0.717) is 33.9 Å². The SMILES string of the molecule is CCCN(C(=O)c1nn(-c2ccc(OC)c(Cl)c2)c(=O)c2c1c1ccccc1n2C)c1cccc(C)c1. The fraction of sp³-hybridized carbons (Fsp3) is 0.207. The van der Waals surface area contributed by atoms with Crippen molar-refractivity contribution in [2.75, 3.05) is 18.6 Å². The van der Waals surface area contributed by atoms with Crippen molar-refractivity contribution in [3.63, 3.8) is 0 Å². The molecule has 0 N–H and O–H groups in total. The molecule has 0 radical (unpaired) electrons. The van der Waals surface area contributed by atoms with Crippen molar-refractivity contribution in [2.45, 2.75) is 20.3 Å². The molecule has 2 heterocycles. The van der Waals surface area contributed by atoms with E-state index in [0.717, 1.165) is 28.6 Å². The van der Waals surface area contributed by atoms with Crippen molar-refractivity contribution in [3.8, 4) is 11.4 Å². The highest BCUT2D eigenvalue weighted by molar-refractivity contribution is 6.32. The lowest BCUT2D eigenvalue weighted by molar-refractivity contribution is 0.0982. The smallest absolute Gasteiger partial charge is 0.296 e. The number of ether oxygens (including phenoxy) is 1. The molecule has 37 heavy (non-hydrogen) atoms. The summed E-state index contributed by atoms with van der Waals surface area (Å²) < 4.78 is 8.34. The predicted octanol–water partition coefficient (Wildman–Crippen LogP) is 5.90. The van der Waals surface area contributed by atoms with E-state index in [1.807, 2.05) is 74.0 Å². The van der Waals surface area contributed by atoms with Gasteiger partial charge in [-0.2, -0.15) is 9.78 Å². The van der Waals surface area contributed by atoms with Crippen LogP contribution in [0.2, 0.25) is 5.02 Å². The van der Waals surface area contributed by atoms with E-state index in [4.69, 9.17) is 16.3 Å². The van der Waals surface area contributed by atoms with Crippen LogP contribution in [-0.2, 0) is 7.05 Å². The number of carbonyl (C=O) groups excluding carboxylic acids is 1. The normalized spacial score (nSPS) is 11.3. The predicted molar refractivity (Wildman–Crippen MR) is 149 cm³/mol. The third-order valence-corrected chi connectivity index (χ3v) is 6.82. The molecule has 0 aliphatic carbocycles. The molecule has 1 amide bonds. The minimum Gasteiger partial charge on any atom is -0.495 e. The third-order valence-electron chi connectivity index (χ3n) is 6.53. The summed E-state index contributed by atoms with van der Waals surface area (Å²) in [7, 11) is 3.35. The first-order chi connectivity index (χ1) is 17.8. The van der Waals surface area contributed by atoms with Gasteiger partial charge < -0.3 is 14.2 Å². The second-order valence-electron chi connectivity index (χ2n) is 8.98. The Labute approximate surface area is 219 Å². The first-order valence-corrected chi connectivity index (χ1v) is 12.5. The number of para-hydroxylation sites is 1. The molecule has 188 valence electrons. The number of aryl methyl sites for hydroxylation is 2. The molecular formula is C29H27ClN4O3. The van der Waals surface area contributed by atoms with E-state index in [9.17, 15) is 9.59 Å². The molecule has 5 rings (SSSR count). The highest BCUT2D eigenvalue weighted by atomic mass is 35.5. The molecule has 0 unspecified atom stereocenters. The zero-order valence-corrected chi connectivity index (χ0v) is 21.9. The van der Waals surface area contributed by atoms with Gasteiger partial charge in [0.05, 0.1) is 17.8 Å². The summed E-state index contributed by atoms with van der Waals surface area (Å²) in [5, 5.41) is 6.36. The minimum atomic E-state index is -0.343. The van der Waals surface area contributed by atoms with Crippen molar-refractivity contribution in [1.29, 1.82) is 0 Å². The first-order valence-electron chi connectivity index (χ1n) is 12.1. The van der Waals surface area contributed by atoms with Crippen LogP contribution in [0, 0.1) is 6.92 Å². The zero-order valence-electron chi connectivity index (χ0n) is 21.2. The van der Waals surface area contributed by atoms with Gasteiger partial charge in [-0.25, -0.2) is 0 Å². The summed E-state index contributed by atoms with van der Waals surface area (Å²) >= 11 is 6.39. The summed E-state index contributed by atoms with van der Waals surface area (Å²) in [5.74, 6) is 0.205. The van der Waals surface area contributed by atoms with Crippen LogP contribution in [0.25, 0.3) is 27.5 Å². The molecule has 0 saturated heterocycles. The number of hydrogen-bond donors (Lipinski definition) is 0. The second kappa shape index (κ2) is 9.75. The number of aromatic nitrogens is 3. The summed E-state index contributed by atoms with van der Waals surface area (Å²) in [6.45, 7) is 4.52. The third kappa shape index (κ3) is 4.15. The largest absolute Gasteiger partial charge is 0.495 e. The standard InChI is InChI=1S/C29H27ClN4O3/c1-5-15-33(19-10-8-9-18(2)16-19)28(35)26-25-21-11-6-7-12-23(21)32(3)27(25)29(36)34(31-26)20-13-14-24(37-4)22(30)17-20/h6-14,16-17H,5,15H2,1-4H3. The quantitative estimate of drug-likeness (QED) is 0.283. The van der Waals surface area contributed by atoms with Crippen molar-refractivity contribution >= 4 is 45.0 Å². The van der Waals surface area contributed by atoms with E-state index >= 15 is 0 Å². The topological polar surface area (TPSA) is 69.4 Å². The second-order valence-corrected chi connectivity index (χ2v) is 9.39. The number of hydrogen-bond acceptors (Lipinski definition) is 4. The number of benzene rings is 3. The lowest BCUT2D eigenvalue weighted by Crippen LogP contribution is -2.35. The Morgan fingerprint density at radius 1 is 1.08 bits per heavy atom. The van der Waals surface area contributed by atoms with E-state index in [-0.39, 0.29) is 17.2 Å². The molecule has 5 aromatic rings. The Kier molecular flexibility index (Phi) is 6.48. The van der Waals surface area contributed by atoms with Gasteiger partial charge in [-0.3, -0.25) is 9.59 Å². The summed E-state index contributed by atoms with van der Waals surface area (Å²) in [6, 6.07) is 20.5. The maximum absolute atomic E-state index is 14.3. The van der Waals surface area contributed by atoms with Gasteiger partial charge in [-0.15, -0.1) is 0 Å². The van der Waals surface area contributed by atoms with Gasteiger partial charge in [-0.1, -0.05) is 48.9 Å². The van der Waals surface area contributed by atoms with E-state index in [1.165, 1.54) is 11.8 Å². The Balaban J connectivity index is 1.84. The Bertz CT molecular complexity index is 1720. The first kappa shape index (κ1) is 24.6. The van der Waals surface area contributed by atoms with Crippen LogP contribution in [0.15, 0.2) is 71.5 Å². The van der Waals surface area contributed by atoms with Gasteiger partial charge in [0.1, 0.15) is 11.3 Å². The molecule has 2 aromatic heterocycles. The molecule has 0 aliphatic heterocycles. The number of nitrogens with zero attached hydrogens (tertiary/aromatic N) is 4. The Morgan fingerprint density at radius 3 is 2.57 bits per heavy atom. The van der Waals surface area contributed by atoms with Gasteiger partial charge >= 0.3 is 0 Å².